The summed E-state index contributed by atoms with van der Waals surface area (Å²) in [6, 6.07) is 0. The van der Waals surface area contributed by atoms with Crippen LogP contribution in [0.1, 0.15) is 72.9 Å². The van der Waals surface area contributed by atoms with Crippen molar-refractivity contribution >= 4 is 11.9 Å². The van der Waals surface area contributed by atoms with E-state index >= 15 is 0 Å². The summed E-state index contributed by atoms with van der Waals surface area (Å²) in [4.78, 5) is 26.3. The second kappa shape index (κ2) is 8.39. The number of furan rings is 1. The fourth-order valence-electron chi connectivity index (χ4n) is 5.17. The zero-order valence-electron chi connectivity index (χ0n) is 19.7. The van der Waals surface area contributed by atoms with Gasteiger partial charge in [0.25, 0.3) is 5.91 Å². The molecule has 8 nitrogen and oxygen atoms in total. The molecule has 2 fully saturated rings. The van der Waals surface area contributed by atoms with Crippen molar-refractivity contribution in [2.24, 2.45) is 5.92 Å². The number of amides is 1. The van der Waals surface area contributed by atoms with Crippen molar-refractivity contribution in [3.8, 4) is 11.3 Å². The number of aliphatic hydroxyl groups is 1. The van der Waals surface area contributed by atoms with Crippen LogP contribution in [0.25, 0.3) is 11.3 Å². The Hall–Kier alpha value is -2.82. The molecule has 190 valence electrons. The van der Waals surface area contributed by atoms with Gasteiger partial charge >= 0.3 is 12.1 Å². The van der Waals surface area contributed by atoms with Crippen molar-refractivity contribution in [2.45, 2.75) is 70.2 Å². The van der Waals surface area contributed by atoms with E-state index < -0.39 is 29.1 Å². The Balaban J connectivity index is 1.39. The molecule has 1 N–H and O–H groups in total. The minimum atomic E-state index is -4.81. The van der Waals surface area contributed by atoms with Crippen LogP contribution < -0.4 is 0 Å². The molecule has 2 aromatic heterocycles. The highest BCUT2D eigenvalue weighted by Crippen LogP contribution is 2.49. The zero-order chi connectivity index (χ0) is 25.1. The van der Waals surface area contributed by atoms with E-state index in [0.29, 0.717) is 38.0 Å². The summed E-state index contributed by atoms with van der Waals surface area (Å²) in [5.74, 6) is -2.01. The molecular formula is C24H28F3N3O5. The lowest BCUT2D eigenvalue weighted by Gasteiger charge is -2.33. The Bertz CT molecular complexity index is 1160. The molecule has 1 aliphatic heterocycles. The van der Waals surface area contributed by atoms with Crippen molar-refractivity contribution in [1.29, 1.82) is 0 Å². The molecular weight excluding hydrogens is 467 g/mol. The number of fused-ring (bicyclic) bond motifs is 3. The maximum atomic E-state index is 14.1. The maximum Gasteiger partial charge on any atom is 0.421 e. The third kappa shape index (κ3) is 4.23. The average Bonchev–Trinajstić information content (AvgIpc) is 3.23. The highest BCUT2D eigenvalue weighted by molar-refractivity contribution is 5.92. The van der Waals surface area contributed by atoms with Gasteiger partial charge < -0.3 is 19.2 Å². The van der Waals surface area contributed by atoms with Crippen LogP contribution in [0.2, 0.25) is 0 Å². The number of piperidine rings is 1. The van der Waals surface area contributed by atoms with Gasteiger partial charge in [-0.25, -0.2) is 4.79 Å². The van der Waals surface area contributed by atoms with Gasteiger partial charge in [-0.3, -0.25) is 9.48 Å². The quantitative estimate of drug-likeness (QED) is 0.635. The molecule has 5 rings (SSSR count). The SMILES string of the molecule is CCOC(=O)c1oc2c(c1C(F)(F)F)-c1nn(CC3CCN(C(=O)C4(O)CC4)CC3)cc1C(C)C2. The largest absolute Gasteiger partial charge is 0.460 e. The molecule has 0 spiro atoms. The number of esters is 1. The number of ether oxygens (including phenoxy) is 1. The lowest BCUT2D eigenvalue weighted by molar-refractivity contribution is -0.144. The molecule has 1 saturated carbocycles. The van der Waals surface area contributed by atoms with E-state index in [-0.39, 0.29) is 47.8 Å². The van der Waals surface area contributed by atoms with Gasteiger partial charge in [-0.15, -0.1) is 0 Å². The van der Waals surface area contributed by atoms with E-state index in [0.717, 1.165) is 12.8 Å². The van der Waals surface area contributed by atoms with Crippen molar-refractivity contribution in [3.05, 3.63) is 28.8 Å². The fourth-order valence-corrected chi connectivity index (χ4v) is 5.17. The normalized spacial score (nSPS) is 21.4. The molecule has 11 heteroatoms. The first-order chi connectivity index (χ1) is 16.5. The van der Waals surface area contributed by atoms with Crippen LogP contribution in [0.15, 0.2) is 10.6 Å². The highest BCUT2D eigenvalue weighted by atomic mass is 19.4. The Labute approximate surface area is 200 Å². The molecule has 2 aromatic rings. The van der Waals surface area contributed by atoms with Crippen LogP contribution in [0, 0.1) is 5.92 Å². The molecule has 0 radical (unpaired) electrons. The lowest BCUT2D eigenvalue weighted by atomic mass is 9.86. The van der Waals surface area contributed by atoms with Crippen LogP contribution >= 0.6 is 0 Å². The number of carbonyl (C=O) groups is 2. The summed E-state index contributed by atoms with van der Waals surface area (Å²) in [5, 5.41) is 14.6. The average molecular weight is 495 g/mol. The topological polar surface area (TPSA) is 97.8 Å². The van der Waals surface area contributed by atoms with Crippen molar-refractivity contribution in [1.82, 2.24) is 14.7 Å². The molecule has 1 atom stereocenters. The molecule has 35 heavy (non-hydrogen) atoms. The first kappa shape index (κ1) is 23.9. The fraction of sp³-hybridized carbons (Fsp3) is 0.625. The summed E-state index contributed by atoms with van der Waals surface area (Å²) in [5.41, 5.74) is -1.61. The maximum absolute atomic E-state index is 14.1. The van der Waals surface area contributed by atoms with Gasteiger partial charge in [-0.05, 0) is 44.4 Å². The molecule has 1 saturated heterocycles. The lowest BCUT2D eigenvalue weighted by Crippen LogP contribution is -2.45. The minimum absolute atomic E-state index is 0.0680. The van der Waals surface area contributed by atoms with Gasteiger partial charge in [0.05, 0.1) is 17.9 Å². The Morgan fingerprint density at radius 1 is 1.29 bits per heavy atom. The summed E-state index contributed by atoms with van der Waals surface area (Å²) in [6.45, 7) is 4.92. The van der Waals surface area contributed by atoms with Gasteiger partial charge in [-0.2, -0.15) is 18.3 Å². The van der Waals surface area contributed by atoms with E-state index in [1.165, 1.54) is 6.92 Å². The van der Waals surface area contributed by atoms with E-state index in [1.807, 2.05) is 6.92 Å². The first-order valence-electron chi connectivity index (χ1n) is 12.0. The molecule has 1 amide bonds. The number of carbonyl (C=O) groups excluding carboxylic acids is 2. The molecule has 0 bridgehead atoms. The van der Waals surface area contributed by atoms with E-state index in [2.05, 4.69) is 5.10 Å². The van der Waals surface area contributed by atoms with Crippen LogP contribution in [0.3, 0.4) is 0 Å². The summed E-state index contributed by atoms with van der Waals surface area (Å²) < 4.78 is 54.1. The van der Waals surface area contributed by atoms with Crippen LogP contribution in [0.5, 0.6) is 0 Å². The van der Waals surface area contributed by atoms with Crippen molar-refractivity contribution < 1.29 is 37.0 Å². The smallest absolute Gasteiger partial charge is 0.421 e. The second-order valence-corrected chi connectivity index (χ2v) is 9.85. The summed E-state index contributed by atoms with van der Waals surface area (Å²) in [6.07, 6.45) is -0.344. The minimum Gasteiger partial charge on any atom is -0.460 e. The standard InChI is InChI=1S/C24H28F3N3O5/c1-3-34-21(31)20-18(24(25,26)27)17-16(35-20)10-13(2)15-12-30(28-19(15)17)11-14-4-8-29(9-5-14)22(32)23(33)6-7-23/h12-14,33H,3-11H2,1-2H3. The molecule has 3 heterocycles. The number of nitrogens with zero attached hydrogens (tertiary/aromatic N) is 3. The third-order valence-electron chi connectivity index (χ3n) is 7.24. The molecule has 2 aliphatic carbocycles. The monoisotopic (exact) mass is 495 g/mol. The highest BCUT2D eigenvalue weighted by Gasteiger charge is 2.50. The number of aromatic nitrogens is 2. The number of hydrogen-bond acceptors (Lipinski definition) is 6. The number of likely N-dealkylation sites (tertiary alicyclic amines) is 1. The molecule has 3 aliphatic rings. The van der Waals surface area contributed by atoms with Gasteiger partial charge in [0.2, 0.25) is 5.76 Å². The first-order valence-corrected chi connectivity index (χ1v) is 12.0. The van der Waals surface area contributed by atoms with Crippen molar-refractivity contribution in [2.75, 3.05) is 19.7 Å². The van der Waals surface area contributed by atoms with E-state index in [1.54, 1.807) is 15.8 Å². The number of hydrogen-bond donors (Lipinski definition) is 1. The number of rotatable bonds is 5. The number of alkyl halides is 3. The predicted molar refractivity (Wildman–Crippen MR) is 116 cm³/mol. The molecule has 1 unspecified atom stereocenters. The van der Waals surface area contributed by atoms with E-state index in [4.69, 9.17) is 9.15 Å². The number of halogens is 3. The van der Waals surface area contributed by atoms with Crippen LogP contribution in [-0.2, 0) is 28.7 Å². The van der Waals surface area contributed by atoms with E-state index in [9.17, 15) is 27.9 Å². The summed E-state index contributed by atoms with van der Waals surface area (Å²) in [7, 11) is 0. The summed E-state index contributed by atoms with van der Waals surface area (Å²) >= 11 is 0. The van der Waals surface area contributed by atoms with Gasteiger partial charge in [0.1, 0.15) is 16.9 Å². The third-order valence-corrected chi connectivity index (χ3v) is 7.24. The van der Waals surface area contributed by atoms with Crippen LogP contribution in [0.4, 0.5) is 13.2 Å². The second-order valence-electron chi connectivity index (χ2n) is 9.85. The van der Waals surface area contributed by atoms with Crippen LogP contribution in [-0.4, -0.2) is 57.0 Å². The van der Waals surface area contributed by atoms with Gasteiger partial charge in [0.15, 0.2) is 0 Å². The van der Waals surface area contributed by atoms with Gasteiger partial charge in [-0.1, -0.05) is 6.92 Å². The predicted octanol–water partition coefficient (Wildman–Crippen LogP) is 3.76. The Morgan fingerprint density at radius 3 is 2.57 bits per heavy atom. The Kier molecular flexibility index (Phi) is 5.73. The van der Waals surface area contributed by atoms with Gasteiger partial charge in [0, 0.05) is 37.8 Å². The Morgan fingerprint density at radius 2 is 1.97 bits per heavy atom. The zero-order valence-corrected chi connectivity index (χ0v) is 19.7. The van der Waals surface area contributed by atoms with Crippen molar-refractivity contribution in [3.63, 3.8) is 0 Å². The molecule has 0 aromatic carbocycles.